The van der Waals surface area contributed by atoms with Crippen molar-refractivity contribution in [2.24, 2.45) is 0 Å². The maximum absolute atomic E-state index is 10.6. The number of hydrogen-bond acceptors (Lipinski definition) is 31. The number of aryl methyl sites for hydroxylation is 12. The highest BCUT2D eigenvalue weighted by molar-refractivity contribution is 7.20. The molecule has 0 radical (unpaired) electrons. The largest absolute Gasteiger partial charge is 0.480 e. The number of aliphatic carboxylic acids is 1. The highest BCUT2D eigenvalue weighted by Crippen LogP contribution is 2.48. The summed E-state index contributed by atoms with van der Waals surface area (Å²) in [5, 5.41) is 41.6. The van der Waals surface area contributed by atoms with E-state index in [4.69, 9.17) is 14.6 Å². The van der Waals surface area contributed by atoms with Gasteiger partial charge in [-0.05, 0) is 356 Å². The fraction of sp³-hybridized carbons (Fsp3) is 0.651. The third-order valence-electron chi connectivity index (χ3n) is 31.9. The average molecular weight is 1990 g/mol. The lowest BCUT2D eigenvalue weighted by atomic mass is 9.90. The Morgan fingerprint density at radius 2 is 0.543 bits per heavy atom. The standard InChI is InChI=1S/2C19H28N4S.2C17H24N4S.C17H21N3O3S.C17H23N3OS/c2*1-3-23(4-2)14-10-8-13(9-11-14)22-18-17-15-6-5-7-16(15)24-19(17)21-12-20-18;2*1-2-18-11-6-8-12(9-7-11)21-16-15-13-4-3-5-14(13)22-17(15)20-10-19-16;21-14(22)8-18-10-4-6-11(7-5-10)23-16-15-12-2-1-3-13(12)24-17(15)20-9-19-16;1-20(2)11-6-8-12(9-7-11)21-16-15-13-4-3-5-14(13)22-17(15)19-10-18-16/h2*12-14H,3-11H2,1-2H3,(H,20,21,22);2*10-12,18H,2-9H2,1H3,(H,19,20,21);9-11,18H,1-8H2,(H,21,22);10-12H,3-9H2,1-2H3. The van der Waals surface area contributed by atoms with Crippen molar-refractivity contribution in [2.45, 2.75) is 384 Å². The minimum absolute atomic E-state index is 0.0315. The second-order valence-electron chi connectivity index (χ2n) is 40.6. The van der Waals surface area contributed by atoms with Crippen LogP contribution in [0.1, 0.15) is 297 Å². The van der Waals surface area contributed by atoms with Crippen LogP contribution in [0.25, 0.3) is 61.3 Å². The predicted octanol–water partition coefficient (Wildman–Crippen LogP) is 21.5. The maximum atomic E-state index is 10.6. The number of aromatic nitrogens is 12. The summed E-state index contributed by atoms with van der Waals surface area (Å²) in [5.74, 6) is 5.10. The number of hydrogen-bond donors (Lipinski definition) is 8. The maximum Gasteiger partial charge on any atom is 0.317 e. The van der Waals surface area contributed by atoms with Gasteiger partial charge in [0.2, 0.25) is 11.8 Å². The topological polar surface area (TPSA) is 304 Å². The first-order chi connectivity index (χ1) is 67.7. The van der Waals surface area contributed by atoms with Crippen molar-refractivity contribution in [1.29, 1.82) is 0 Å². The Hall–Kier alpha value is -7.73. The highest BCUT2D eigenvalue weighted by Gasteiger charge is 2.36. The van der Waals surface area contributed by atoms with Crippen molar-refractivity contribution in [1.82, 2.24) is 90.5 Å². The molecule has 12 aliphatic carbocycles. The molecule has 138 heavy (non-hydrogen) atoms. The second-order valence-corrected chi connectivity index (χ2v) is 47.1. The number of nitrogens with one attached hydrogen (secondary N) is 7. The zero-order valence-electron chi connectivity index (χ0n) is 82.9. The van der Waals surface area contributed by atoms with Crippen LogP contribution in [-0.2, 0) is 81.8 Å². The Kier molecular flexibility index (Phi) is 33.9. The summed E-state index contributed by atoms with van der Waals surface area (Å²) >= 11 is 11.1. The van der Waals surface area contributed by atoms with Gasteiger partial charge in [0.1, 0.15) is 102 Å². The van der Waals surface area contributed by atoms with E-state index in [9.17, 15) is 4.79 Å². The van der Waals surface area contributed by atoms with E-state index in [2.05, 4.69) is 167 Å². The van der Waals surface area contributed by atoms with E-state index in [1.54, 1.807) is 59.1 Å². The Morgan fingerprint density at radius 3 is 0.819 bits per heavy atom. The van der Waals surface area contributed by atoms with E-state index in [0.29, 0.717) is 48.4 Å². The van der Waals surface area contributed by atoms with Gasteiger partial charge in [-0.1, -0.05) is 41.5 Å². The van der Waals surface area contributed by atoms with Crippen molar-refractivity contribution in [3.8, 4) is 11.8 Å². The molecule has 12 aromatic heterocycles. The molecule has 24 rings (SSSR count). The van der Waals surface area contributed by atoms with E-state index in [0.717, 1.165) is 133 Å². The number of nitrogens with zero attached hydrogens (tertiary/aromatic N) is 15. The zero-order valence-corrected chi connectivity index (χ0v) is 87.8. The number of ether oxygens (including phenoxy) is 2. The number of fused-ring (bicyclic) bond motifs is 18. The third kappa shape index (κ3) is 23.2. The molecule has 6 saturated carbocycles. The molecule has 0 amide bonds. The van der Waals surface area contributed by atoms with Gasteiger partial charge in [0, 0.05) is 89.7 Å². The summed E-state index contributed by atoms with van der Waals surface area (Å²) in [5.41, 5.74) is 8.93. The molecule has 26 nitrogen and oxygen atoms in total. The quantitative estimate of drug-likeness (QED) is 0.0250. The van der Waals surface area contributed by atoms with E-state index < -0.39 is 5.97 Å². The van der Waals surface area contributed by atoms with Crippen LogP contribution in [-0.4, -0.2) is 218 Å². The smallest absolute Gasteiger partial charge is 0.317 e. The SMILES string of the molecule is CCN(CC)C1CCC(Nc2ncnc3sc4c(c23)CCC4)CC1.CCN(CC)C1CCC(Nc2ncnc3sc4c(c23)CCC4)CC1.CCNC1CCC(Nc2ncnc3sc4c(c23)CCC4)CC1.CCNC1CCC(Nc2ncnc3sc4c(c23)CCC4)CC1.CN(C)C1CCC(Oc2ncnc3sc4c(c23)CCC4)CC1.O=C(O)CNC1CCC(Oc2ncnc3sc4c(c23)CCC4)CC1. The first-order valence-electron chi connectivity index (χ1n) is 53.2. The van der Waals surface area contributed by atoms with Crippen LogP contribution < -0.4 is 46.7 Å². The van der Waals surface area contributed by atoms with Gasteiger partial charge < -0.3 is 66.5 Å². The molecule has 0 aromatic carbocycles. The van der Waals surface area contributed by atoms with Gasteiger partial charge in [0.05, 0.1) is 38.9 Å². The molecule has 6 fully saturated rings. The van der Waals surface area contributed by atoms with Crippen LogP contribution in [0.5, 0.6) is 11.8 Å². The van der Waals surface area contributed by atoms with E-state index in [-0.39, 0.29) is 18.7 Å². The summed E-state index contributed by atoms with van der Waals surface area (Å²) in [6, 6.07) is 6.18. The first kappa shape index (κ1) is 99.0. The number of thiophene rings is 6. The molecule has 0 bridgehead atoms. The highest BCUT2D eigenvalue weighted by atomic mass is 32.1. The van der Waals surface area contributed by atoms with Gasteiger partial charge in [-0.25, -0.2) is 59.8 Å². The minimum atomic E-state index is -0.803. The van der Waals surface area contributed by atoms with Crippen molar-refractivity contribution >= 4 is 159 Å². The predicted molar refractivity (Wildman–Crippen MR) is 571 cm³/mol. The molecule has 0 spiro atoms. The van der Waals surface area contributed by atoms with Crippen LogP contribution >= 0.6 is 68.0 Å². The lowest BCUT2D eigenvalue weighted by molar-refractivity contribution is -0.136. The van der Waals surface area contributed by atoms with Gasteiger partial charge >= 0.3 is 5.97 Å². The molecule has 0 unspecified atom stereocenters. The van der Waals surface area contributed by atoms with Crippen LogP contribution in [0.2, 0.25) is 0 Å². The Balaban J connectivity index is 0.000000106. The van der Waals surface area contributed by atoms with E-state index in [1.807, 2.05) is 56.7 Å². The second kappa shape index (κ2) is 47.2. The molecular weight excluding hydrogens is 1840 g/mol. The average Bonchev–Trinajstić information content (AvgIpc) is 1.65. The number of carboxylic acids is 1. The van der Waals surface area contributed by atoms with Crippen molar-refractivity contribution in [3.63, 3.8) is 0 Å². The van der Waals surface area contributed by atoms with Crippen molar-refractivity contribution in [2.75, 3.05) is 81.2 Å². The van der Waals surface area contributed by atoms with Crippen LogP contribution in [0.3, 0.4) is 0 Å². The molecule has 0 saturated heterocycles. The molecule has 12 heterocycles. The summed E-state index contributed by atoms with van der Waals surface area (Å²) in [4.78, 5) is 88.3. The fourth-order valence-corrected chi connectivity index (χ4v) is 32.0. The van der Waals surface area contributed by atoms with Crippen molar-refractivity contribution in [3.05, 3.63) is 101 Å². The Labute approximate surface area is 839 Å². The number of carbonyl (C=O) groups is 1. The Bertz CT molecular complexity index is 5780. The summed E-state index contributed by atoms with van der Waals surface area (Å²) in [6.45, 7) is 20.4. The van der Waals surface area contributed by atoms with E-state index in [1.165, 1.54) is 337 Å². The number of rotatable bonds is 26. The fourth-order valence-electron chi connectivity index (χ4n) is 24.6. The molecule has 32 heteroatoms. The number of carboxylic acid groups (broad SMARTS) is 1. The molecule has 8 N–H and O–H groups in total. The number of anilines is 4. The molecular formula is C106H148N22O4S6. The normalized spacial score (nSPS) is 24.1. The lowest BCUT2D eigenvalue weighted by Crippen LogP contribution is -2.40. The molecule has 0 atom stereocenters. The van der Waals surface area contributed by atoms with Gasteiger partial charge in [-0.15, -0.1) is 68.0 Å². The van der Waals surface area contributed by atoms with Crippen LogP contribution in [0.15, 0.2) is 38.0 Å². The van der Waals surface area contributed by atoms with Gasteiger partial charge in [0.15, 0.2) is 0 Å². The summed E-state index contributed by atoms with van der Waals surface area (Å²) in [7, 11) is 4.35. The zero-order chi connectivity index (χ0) is 94.5. The van der Waals surface area contributed by atoms with Crippen LogP contribution in [0, 0.1) is 0 Å². The molecule has 12 aliphatic rings. The minimum Gasteiger partial charge on any atom is -0.480 e. The van der Waals surface area contributed by atoms with Crippen molar-refractivity contribution < 1.29 is 19.4 Å². The Morgan fingerprint density at radius 1 is 0.304 bits per heavy atom. The molecule has 12 aromatic rings. The third-order valence-corrected chi connectivity index (χ3v) is 39.1. The van der Waals surface area contributed by atoms with Gasteiger partial charge in [0.25, 0.3) is 0 Å². The van der Waals surface area contributed by atoms with Crippen LogP contribution in [0.4, 0.5) is 23.3 Å². The monoisotopic (exact) mass is 1990 g/mol. The summed E-state index contributed by atoms with van der Waals surface area (Å²) < 4.78 is 12.6. The summed E-state index contributed by atoms with van der Waals surface area (Å²) in [6.07, 6.45) is 61.2. The first-order valence-corrected chi connectivity index (χ1v) is 58.1. The molecule has 742 valence electrons. The molecule has 0 aliphatic heterocycles. The lowest BCUT2D eigenvalue weighted by Gasteiger charge is -2.36. The van der Waals surface area contributed by atoms with Gasteiger partial charge in [-0.3, -0.25) is 4.79 Å². The van der Waals surface area contributed by atoms with E-state index >= 15 is 0 Å². The van der Waals surface area contributed by atoms with Gasteiger partial charge in [-0.2, -0.15) is 0 Å².